The first-order valence-corrected chi connectivity index (χ1v) is 3.00. The first-order chi connectivity index (χ1) is 3.29. The molecule has 1 heterocycles. The Morgan fingerprint density at radius 2 is 2.57 bits per heavy atom. The lowest BCUT2D eigenvalue weighted by Gasteiger charge is -1.77. The molecule has 38 valence electrons. The van der Waals surface area contributed by atoms with Crippen molar-refractivity contribution >= 4 is 22.6 Å². The Hall–Kier alpha value is -0.0600. The third kappa shape index (κ3) is 1.15. The highest BCUT2D eigenvalue weighted by atomic mass is 127. The minimum atomic E-state index is 1.04. The zero-order valence-electron chi connectivity index (χ0n) is 3.93. The second-order valence-electron chi connectivity index (χ2n) is 1.36. The number of imidazole rings is 1. The quantitative estimate of drug-likeness (QED) is 0.582. The van der Waals surface area contributed by atoms with E-state index in [9.17, 15) is 0 Å². The van der Waals surface area contributed by atoms with Gasteiger partial charge < -0.3 is 4.57 Å². The van der Waals surface area contributed by atoms with Crippen LogP contribution in [0.25, 0.3) is 0 Å². The third-order valence-corrected chi connectivity index (χ3v) is 1.23. The summed E-state index contributed by atoms with van der Waals surface area (Å²) in [6, 6.07) is 0. The predicted octanol–water partition coefficient (Wildman–Crippen LogP) is 1.02. The van der Waals surface area contributed by atoms with Crippen molar-refractivity contribution in [2.24, 2.45) is 7.05 Å². The van der Waals surface area contributed by atoms with Gasteiger partial charge in [-0.2, -0.15) is 0 Å². The average Bonchev–Trinajstić information content (AvgIpc) is 1.87. The zero-order chi connectivity index (χ0) is 5.28. The van der Waals surface area contributed by atoms with Crippen LogP contribution in [-0.4, -0.2) is 9.55 Å². The standard InChI is InChI=1S/C4H5IN2/c1-7-2-4(5)6-3-7/h2-3H,1H3. The summed E-state index contributed by atoms with van der Waals surface area (Å²) in [6.45, 7) is 0. The molecule has 0 bridgehead atoms. The normalized spacial score (nSPS) is 9.43. The topological polar surface area (TPSA) is 17.8 Å². The Labute approximate surface area is 55.7 Å². The van der Waals surface area contributed by atoms with Gasteiger partial charge in [-0.3, -0.25) is 0 Å². The van der Waals surface area contributed by atoms with Crippen molar-refractivity contribution in [3.05, 3.63) is 16.2 Å². The van der Waals surface area contributed by atoms with Crippen LogP contribution in [0.15, 0.2) is 12.5 Å². The van der Waals surface area contributed by atoms with E-state index in [2.05, 4.69) is 27.6 Å². The molecule has 0 fully saturated rings. The SMILES string of the molecule is Cn1cnc(I)c1. The van der Waals surface area contributed by atoms with Gasteiger partial charge in [0.2, 0.25) is 0 Å². The van der Waals surface area contributed by atoms with Crippen LogP contribution in [0.3, 0.4) is 0 Å². The molecule has 0 aliphatic rings. The van der Waals surface area contributed by atoms with Gasteiger partial charge in [-0.1, -0.05) is 0 Å². The Morgan fingerprint density at radius 1 is 1.86 bits per heavy atom. The van der Waals surface area contributed by atoms with Gasteiger partial charge in [0.05, 0.1) is 6.33 Å². The maximum Gasteiger partial charge on any atom is 0.119 e. The zero-order valence-corrected chi connectivity index (χ0v) is 6.08. The molecule has 0 saturated carbocycles. The molecule has 0 spiro atoms. The molecule has 0 unspecified atom stereocenters. The van der Waals surface area contributed by atoms with Crippen molar-refractivity contribution in [1.82, 2.24) is 9.55 Å². The fraction of sp³-hybridized carbons (Fsp3) is 0.250. The Balaban J connectivity index is 3.04. The molecule has 7 heavy (non-hydrogen) atoms. The second kappa shape index (κ2) is 1.81. The summed E-state index contributed by atoms with van der Waals surface area (Å²) in [6.07, 6.45) is 3.74. The van der Waals surface area contributed by atoms with E-state index in [1.54, 1.807) is 6.33 Å². The van der Waals surface area contributed by atoms with Gasteiger partial charge >= 0.3 is 0 Å². The van der Waals surface area contributed by atoms with Crippen LogP contribution in [0.4, 0.5) is 0 Å². The van der Waals surface area contributed by atoms with E-state index in [1.165, 1.54) is 0 Å². The summed E-state index contributed by atoms with van der Waals surface area (Å²) in [5.41, 5.74) is 0. The van der Waals surface area contributed by atoms with Gasteiger partial charge in [-0.05, 0) is 22.6 Å². The average molecular weight is 208 g/mol. The van der Waals surface area contributed by atoms with E-state index in [0.29, 0.717) is 0 Å². The molecule has 0 atom stereocenters. The van der Waals surface area contributed by atoms with Crippen LogP contribution in [0.5, 0.6) is 0 Å². The minimum absolute atomic E-state index is 1.04. The molecule has 0 radical (unpaired) electrons. The van der Waals surface area contributed by atoms with E-state index in [0.717, 1.165) is 3.70 Å². The first-order valence-electron chi connectivity index (χ1n) is 1.92. The molecule has 0 aliphatic heterocycles. The van der Waals surface area contributed by atoms with Gasteiger partial charge in [0.1, 0.15) is 3.70 Å². The molecular weight excluding hydrogens is 203 g/mol. The molecule has 1 aromatic rings. The van der Waals surface area contributed by atoms with E-state index in [-0.39, 0.29) is 0 Å². The number of rotatable bonds is 0. The van der Waals surface area contributed by atoms with E-state index >= 15 is 0 Å². The van der Waals surface area contributed by atoms with Crippen LogP contribution in [-0.2, 0) is 7.05 Å². The highest BCUT2D eigenvalue weighted by molar-refractivity contribution is 14.1. The van der Waals surface area contributed by atoms with Crippen molar-refractivity contribution in [2.75, 3.05) is 0 Å². The lowest BCUT2D eigenvalue weighted by molar-refractivity contribution is 0.913. The molecule has 1 aromatic heterocycles. The van der Waals surface area contributed by atoms with Gasteiger partial charge in [0.25, 0.3) is 0 Å². The number of hydrogen-bond donors (Lipinski definition) is 0. The number of nitrogens with zero attached hydrogens (tertiary/aromatic N) is 2. The fourth-order valence-electron chi connectivity index (χ4n) is 0.381. The maximum absolute atomic E-state index is 3.97. The highest BCUT2D eigenvalue weighted by Gasteiger charge is 1.83. The maximum atomic E-state index is 3.97. The lowest BCUT2D eigenvalue weighted by Crippen LogP contribution is -1.76. The molecule has 0 N–H and O–H groups in total. The number of halogens is 1. The van der Waals surface area contributed by atoms with Crippen molar-refractivity contribution < 1.29 is 0 Å². The molecule has 0 saturated heterocycles. The molecule has 0 aromatic carbocycles. The van der Waals surface area contributed by atoms with Crippen LogP contribution >= 0.6 is 22.6 Å². The van der Waals surface area contributed by atoms with Crippen molar-refractivity contribution in [3.8, 4) is 0 Å². The highest BCUT2D eigenvalue weighted by Crippen LogP contribution is 1.95. The van der Waals surface area contributed by atoms with Crippen molar-refractivity contribution in [1.29, 1.82) is 0 Å². The molecule has 2 nitrogen and oxygen atoms in total. The number of hydrogen-bond acceptors (Lipinski definition) is 1. The van der Waals surface area contributed by atoms with Crippen LogP contribution in [0, 0.1) is 3.70 Å². The van der Waals surface area contributed by atoms with Gasteiger partial charge in [-0.25, -0.2) is 4.98 Å². The minimum Gasteiger partial charge on any atom is -0.339 e. The number of aromatic nitrogens is 2. The Bertz CT molecular complexity index is 142. The Morgan fingerprint density at radius 3 is 2.71 bits per heavy atom. The molecule has 3 heteroatoms. The molecule has 1 rings (SSSR count). The first kappa shape index (κ1) is 5.08. The van der Waals surface area contributed by atoms with Crippen LogP contribution < -0.4 is 0 Å². The summed E-state index contributed by atoms with van der Waals surface area (Å²) in [4.78, 5) is 3.97. The molecule has 0 aliphatic carbocycles. The smallest absolute Gasteiger partial charge is 0.119 e. The summed E-state index contributed by atoms with van der Waals surface area (Å²) in [7, 11) is 1.95. The largest absolute Gasteiger partial charge is 0.339 e. The monoisotopic (exact) mass is 208 g/mol. The Kier molecular flexibility index (Phi) is 1.32. The van der Waals surface area contributed by atoms with Crippen molar-refractivity contribution in [3.63, 3.8) is 0 Å². The second-order valence-corrected chi connectivity index (χ2v) is 2.47. The summed E-state index contributed by atoms with van der Waals surface area (Å²) in [5, 5.41) is 0. The van der Waals surface area contributed by atoms with Gasteiger partial charge in [0.15, 0.2) is 0 Å². The van der Waals surface area contributed by atoms with E-state index in [1.807, 2.05) is 17.8 Å². The van der Waals surface area contributed by atoms with Crippen molar-refractivity contribution in [2.45, 2.75) is 0 Å². The van der Waals surface area contributed by atoms with Crippen LogP contribution in [0.2, 0.25) is 0 Å². The van der Waals surface area contributed by atoms with Crippen LogP contribution in [0.1, 0.15) is 0 Å². The van der Waals surface area contributed by atoms with Gasteiger partial charge in [-0.15, -0.1) is 0 Å². The summed E-state index contributed by atoms with van der Waals surface area (Å²) >= 11 is 2.17. The fourth-order valence-corrected chi connectivity index (χ4v) is 0.945. The lowest BCUT2D eigenvalue weighted by atomic mass is 10.9. The third-order valence-electron chi connectivity index (χ3n) is 0.673. The number of aryl methyl sites for hydroxylation is 1. The molecular formula is C4H5IN2. The summed E-state index contributed by atoms with van der Waals surface area (Å²) in [5.74, 6) is 0. The van der Waals surface area contributed by atoms with E-state index < -0.39 is 0 Å². The molecule has 0 amide bonds. The van der Waals surface area contributed by atoms with E-state index in [4.69, 9.17) is 0 Å². The van der Waals surface area contributed by atoms with Gasteiger partial charge in [0, 0.05) is 13.2 Å². The summed E-state index contributed by atoms with van der Waals surface area (Å²) < 4.78 is 2.96. The predicted molar refractivity (Wildman–Crippen MR) is 35.9 cm³/mol.